The van der Waals surface area contributed by atoms with Crippen LogP contribution in [0.25, 0.3) is 11.1 Å². The molecule has 6 rings (SSSR count). The number of methoxy groups -OCH3 is 1. The van der Waals surface area contributed by atoms with E-state index in [-0.39, 0.29) is 47.9 Å². The molecule has 4 aliphatic rings. The summed E-state index contributed by atoms with van der Waals surface area (Å²) < 4.78 is 6.44. The smallest absolute Gasteiger partial charge is 0.251 e. The van der Waals surface area contributed by atoms with Gasteiger partial charge in [-0.05, 0) is 78.5 Å². The minimum atomic E-state index is -0.914. The van der Waals surface area contributed by atoms with Gasteiger partial charge in [0.05, 0.1) is 39.0 Å². The Hall–Kier alpha value is -3.67. The van der Waals surface area contributed by atoms with Crippen molar-refractivity contribution in [1.29, 1.82) is 5.26 Å². The largest absolute Gasteiger partial charge is 0.551 e. The lowest BCUT2D eigenvalue weighted by Gasteiger charge is -2.62. The molecule has 2 radical (unpaired) electrons. The SMILES string of the molecule is COc1c(CN2O[C@@H](CO)[C@H]([C@H](C)O)[C@H]2C(=O)N[C@H]2C[C@@H]3C[C@@H]([C@@H]2C)C3(C)C)cccc1-c1cc(C(=O)N[C@@H](CC(C)(C)C)C[N+](C)(C)[B-]C#N)cc(N(C)C)c1. The van der Waals surface area contributed by atoms with Gasteiger partial charge in [-0.25, -0.2) is 5.26 Å². The predicted octanol–water partition coefficient (Wildman–Crippen LogP) is 4.80. The molecule has 9 atom stereocenters. The minimum absolute atomic E-state index is 0.0253. The summed E-state index contributed by atoms with van der Waals surface area (Å²) in [4.78, 5) is 36.7. The average Bonchev–Trinajstić information content (AvgIpc) is 3.49. The molecule has 57 heavy (non-hydrogen) atoms. The Morgan fingerprint density at radius 2 is 1.89 bits per heavy atom. The van der Waals surface area contributed by atoms with Gasteiger partial charge >= 0.3 is 0 Å². The van der Waals surface area contributed by atoms with Crippen LogP contribution in [0.2, 0.25) is 0 Å². The van der Waals surface area contributed by atoms with Crippen LogP contribution in [0.1, 0.15) is 83.7 Å². The molecule has 2 aromatic rings. The summed E-state index contributed by atoms with van der Waals surface area (Å²) in [6, 6.07) is 10.5. The van der Waals surface area contributed by atoms with E-state index in [1.54, 1.807) is 26.5 Å². The molecule has 312 valence electrons. The third-order valence-corrected chi connectivity index (χ3v) is 13.0. The van der Waals surface area contributed by atoms with E-state index in [0.29, 0.717) is 40.0 Å². The molecule has 0 unspecified atom stereocenters. The van der Waals surface area contributed by atoms with Gasteiger partial charge in [-0.15, -0.1) is 5.97 Å². The molecule has 2 amide bonds. The maximum absolute atomic E-state index is 14.3. The quantitative estimate of drug-likeness (QED) is 0.187. The molecule has 12 nitrogen and oxygen atoms in total. The van der Waals surface area contributed by atoms with E-state index in [0.717, 1.165) is 35.2 Å². The number of rotatable bonds is 15. The molecular formula is C44H67BN6O6. The Morgan fingerprint density at radius 3 is 2.46 bits per heavy atom. The highest BCUT2D eigenvalue weighted by Crippen LogP contribution is 2.61. The van der Waals surface area contributed by atoms with E-state index >= 15 is 0 Å². The molecule has 2 bridgehead atoms. The van der Waals surface area contributed by atoms with Gasteiger partial charge in [-0.3, -0.25) is 14.4 Å². The normalized spacial score (nSPS) is 26.8. The van der Waals surface area contributed by atoms with E-state index in [9.17, 15) is 25.1 Å². The number of ether oxygens (including phenoxy) is 1. The first kappa shape index (κ1) is 44.4. The van der Waals surface area contributed by atoms with Gasteiger partial charge in [0.2, 0.25) is 5.91 Å². The molecule has 0 aromatic heterocycles. The van der Waals surface area contributed by atoms with Crippen molar-refractivity contribution in [1.82, 2.24) is 15.7 Å². The molecular weight excluding hydrogens is 719 g/mol. The van der Waals surface area contributed by atoms with Crippen molar-refractivity contribution >= 4 is 24.9 Å². The Kier molecular flexibility index (Phi) is 13.5. The second-order valence-corrected chi connectivity index (χ2v) is 19.6. The van der Waals surface area contributed by atoms with Crippen molar-refractivity contribution in [2.45, 2.75) is 105 Å². The minimum Gasteiger partial charge on any atom is -0.551 e. The third kappa shape index (κ3) is 9.80. The van der Waals surface area contributed by atoms with Crippen LogP contribution in [0.3, 0.4) is 0 Å². The number of nitrogens with zero attached hydrogens (tertiary/aromatic N) is 4. The van der Waals surface area contributed by atoms with Gasteiger partial charge in [0.25, 0.3) is 5.91 Å². The molecule has 3 saturated carbocycles. The Morgan fingerprint density at radius 1 is 1.19 bits per heavy atom. The fraction of sp³-hybridized carbons (Fsp3) is 0.659. The maximum Gasteiger partial charge on any atom is 0.251 e. The van der Waals surface area contributed by atoms with Crippen LogP contribution in [-0.2, 0) is 16.2 Å². The van der Waals surface area contributed by atoms with Crippen molar-refractivity contribution < 1.29 is 33.8 Å². The lowest BCUT2D eigenvalue weighted by molar-refractivity contribution is -0.779. The first-order chi connectivity index (χ1) is 26.6. The highest BCUT2D eigenvalue weighted by Gasteiger charge is 2.57. The van der Waals surface area contributed by atoms with Crippen LogP contribution in [0.5, 0.6) is 5.75 Å². The molecule has 3 aliphatic carbocycles. The summed E-state index contributed by atoms with van der Waals surface area (Å²) in [6.45, 7) is 15.3. The fourth-order valence-electron chi connectivity index (χ4n) is 9.93. The number of aliphatic hydroxyl groups is 2. The number of likely N-dealkylation sites (N-methyl/N-ethyl adjacent to an activating group) is 1. The highest BCUT2D eigenvalue weighted by atomic mass is 16.7. The van der Waals surface area contributed by atoms with Crippen molar-refractivity contribution in [2.24, 2.45) is 34.5 Å². The topological polar surface area (TPSA) is 147 Å². The third-order valence-electron chi connectivity index (χ3n) is 13.0. The number of carbonyl (C=O) groups excluding carboxylic acids is 2. The first-order valence-electron chi connectivity index (χ1n) is 20.5. The number of nitriles is 1. The molecule has 1 aliphatic heterocycles. The standard InChI is InChI=1S/C44H66BN6O6/c1-26-35-19-31(44(35,6)7)20-36(26)48-42(55)39-38(27(2)53)37(24-52)57-50(39)22-28-14-13-15-34(40(28)56-12)29-16-30(18-33(17-29)49(8)9)41(54)47-32(21-43(3,4)5)23-51(10,11)45-25-46/h13-18,26-27,31-32,35-39,52-53H,19-24H2,1-12H3,(H-,47,48,54,55)/q-1/p+1/t26-,27-,31-,32-,35-,36-,37-,38-,39-/m0/s1. The van der Waals surface area contributed by atoms with E-state index in [1.807, 2.05) is 69.5 Å². The summed E-state index contributed by atoms with van der Waals surface area (Å²) in [5.74, 6) is 3.06. The molecule has 0 spiro atoms. The molecule has 4 N–H and O–H groups in total. The summed E-state index contributed by atoms with van der Waals surface area (Å²) in [5.41, 5.74) is 3.79. The molecule has 13 heteroatoms. The molecule has 2 aromatic carbocycles. The summed E-state index contributed by atoms with van der Waals surface area (Å²) in [5, 5.41) is 39.0. The van der Waals surface area contributed by atoms with E-state index in [4.69, 9.17) is 9.57 Å². The van der Waals surface area contributed by atoms with E-state index in [1.165, 1.54) is 6.42 Å². The zero-order chi connectivity index (χ0) is 42.2. The lowest BCUT2D eigenvalue weighted by Crippen LogP contribution is -2.62. The number of aliphatic hydroxyl groups excluding tert-OH is 2. The van der Waals surface area contributed by atoms with Crippen molar-refractivity contribution in [2.75, 3.05) is 53.4 Å². The number of para-hydroxylation sites is 1. The molecule has 4 fully saturated rings. The lowest BCUT2D eigenvalue weighted by atomic mass is 9.45. The van der Waals surface area contributed by atoms with Crippen LogP contribution >= 0.6 is 0 Å². The van der Waals surface area contributed by atoms with Gasteiger partial charge in [-0.2, -0.15) is 5.06 Å². The molecule has 1 heterocycles. The Balaban J connectivity index is 1.46. The van der Waals surface area contributed by atoms with Gasteiger partial charge in [0.15, 0.2) is 0 Å². The first-order valence-corrected chi connectivity index (χ1v) is 20.5. The number of anilines is 1. The summed E-state index contributed by atoms with van der Waals surface area (Å²) >= 11 is 0. The highest BCUT2D eigenvalue weighted by molar-refractivity contribution is 6.36. The maximum atomic E-state index is 14.3. The molecule has 1 saturated heterocycles. The van der Waals surface area contributed by atoms with E-state index < -0.39 is 24.2 Å². The summed E-state index contributed by atoms with van der Waals surface area (Å²) in [6.07, 6.45) is 1.15. The second kappa shape index (κ2) is 17.3. The second-order valence-electron chi connectivity index (χ2n) is 19.6. The zero-order valence-electron chi connectivity index (χ0n) is 36.3. The van der Waals surface area contributed by atoms with Crippen molar-refractivity contribution in [3.8, 4) is 22.8 Å². The average molecular weight is 787 g/mol. The number of carbonyl (C=O) groups is 2. The van der Waals surface area contributed by atoms with Crippen LogP contribution in [-0.4, -0.2) is 118 Å². The number of hydroxylamine groups is 2. The number of hydrogen-bond donors (Lipinski definition) is 4. The van der Waals surface area contributed by atoms with Gasteiger partial charge in [0, 0.05) is 62.5 Å². The van der Waals surface area contributed by atoms with E-state index in [2.05, 4.69) is 58.1 Å². The van der Waals surface area contributed by atoms with Gasteiger partial charge < -0.3 is 34.9 Å². The number of benzene rings is 2. The number of quaternary nitrogens is 1. The van der Waals surface area contributed by atoms with Gasteiger partial charge in [0.1, 0.15) is 25.3 Å². The monoisotopic (exact) mass is 787 g/mol. The van der Waals surface area contributed by atoms with Gasteiger partial charge in [-0.1, -0.05) is 59.7 Å². The number of amides is 2. The zero-order valence-corrected chi connectivity index (χ0v) is 36.3. The number of nitrogens with one attached hydrogen (secondary N) is 2. The number of hydrogen-bond acceptors (Lipinski definition) is 9. The van der Waals surface area contributed by atoms with Crippen LogP contribution < -0.4 is 20.3 Å². The van der Waals surface area contributed by atoms with Crippen molar-refractivity contribution in [3.05, 3.63) is 47.5 Å². The summed E-state index contributed by atoms with van der Waals surface area (Å²) in [7, 11) is 10.9. The Bertz CT molecular complexity index is 1800. The van der Waals surface area contributed by atoms with Crippen LogP contribution in [0.15, 0.2) is 36.4 Å². The van der Waals surface area contributed by atoms with Crippen LogP contribution in [0, 0.1) is 45.7 Å². The van der Waals surface area contributed by atoms with Crippen LogP contribution in [0.4, 0.5) is 5.69 Å². The number of fused-ring (bicyclic) bond motifs is 2. The van der Waals surface area contributed by atoms with Crippen molar-refractivity contribution in [3.63, 3.8) is 0 Å². The predicted molar refractivity (Wildman–Crippen MR) is 224 cm³/mol. The fourth-order valence-corrected chi connectivity index (χ4v) is 9.93. The Labute approximate surface area is 341 Å².